The highest BCUT2D eigenvalue weighted by Crippen LogP contribution is 2.14. The average molecular weight is 238 g/mol. The maximum atomic E-state index is 3.40. The number of rotatable bonds is 5. The van der Waals surface area contributed by atoms with Gasteiger partial charge in [0, 0.05) is 17.6 Å². The first-order valence-electron chi connectivity index (χ1n) is 6.13. The largest absolute Gasteiger partial charge is 0.367 e. The van der Waals surface area contributed by atoms with Crippen molar-refractivity contribution in [3.8, 4) is 0 Å². The van der Waals surface area contributed by atoms with Crippen molar-refractivity contribution in [2.24, 2.45) is 0 Å². The predicted octanol–water partition coefficient (Wildman–Crippen LogP) is 4.10. The summed E-state index contributed by atoms with van der Waals surface area (Å²) in [6, 6.07) is 20.6. The number of benzene rings is 2. The lowest BCUT2D eigenvalue weighted by molar-refractivity contribution is 1.02. The lowest BCUT2D eigenvalue weighted by atomic mass is 10.3. The summed E-state index contributed by atoms with van der Waals surface area (Å²) >= 11 is 0. The summed E-state index contributed by atoms with van der Waals surface area (Å²) in [6.07, 6.45) is 4.12. The topological polar surface area (TPSA) is 15.3 Å². The maximum absolute atomic E-state index is 3.40. The zero-order valence-electron chi connectivity index (χ0n) is 10.6. The molecule has 18 heavy (non-hydrogen) atoms. The highest BCUT2D eigenvalue weighted by atomic mass is 15.2. The van der Waals surface area contributed by atoms with Gasteiger partial charge in [-0.05, 0) is 31.2 Å². The average Bonchev–Trinajstić information content (AvgIpc) is 2.45. The molecule has 1 N–H and O–H groups in total. The van der Waals surface area contributed by atoms with Crippen molar-refractivity contribution < 1.29 is 0 Å². The van der Waals surface area contributed by atoms with Crippen molar-refractivity contribution in [3.63, 3.8) is 0 Å². The van der Waals surface area contributed by atoms with Crippen LogP contribution in [-0.2, 0) is 0 Å². The molecule has 0 amide bonds. The van der Waals surface area contributed by atoms with Crippen molar-refractivity contribution in [3.05, 3.63) is 72.9 Å². The summed E-state index contributed by atoms with van der Waals surface area (Å²) in [4.78, 5) is 2.17. The van der Waals surface area contributed by atoms with Crippen molar-refractivity contribution in [1.82, 2.24) is 0 Å². The molecule has 0 radical (unpaired) electrons. The van der Waals surface area contributed by atoms with Gasteiger partial charge in [-0.2, -0.15) is 0 Å². The van der Waals surface area contributed by atoms with E-state index in [4.69, 9.17) is 0 Å². The summed E-state index contributed by atoms with van der Waals surface area (Å²) in [7, 11) is 0. The first kappa shape index (κ1) is 12.2. The smallest absolute Gasteiger partial charge is 0.0919 e. The van der Waals surface area contributed by atoms with Crippen LogP contribution < -0.4 is 10.2 Å². The Morgan fingerprint density at radius 2 is 1.56 bits per heavy atom. The Balaban J connectivity index is 2.04. The van der Waals surface area contributed by atoms with Crippen LogP contribution >= 0.6 is 0 Å². The molecule has 0 saturated carbocycles. The highest BCUT2D eigenvalue weighted by molar-refractivity contribution is 5.51. The molecule has 0 aliphatic rings. The Kier molecular flexibility index (Phi) is 4.42. The molecule has 0 atom stereocenters. The summed E-state index contributed by atoms with van der Waals surface area (Å²) in [5.74, 6) is 0. The van der Waals surface area contributed by atoms with Crippen LogP contribution in [0.25, 0.3) is 0 Å². The molecule has 0 aliphatic heterocycles. The molecule has 0 saturated heterocycles. The van der Waals surface area contributed by atoms with E-state index in [0.717, 1.165) is 12.4 Å². The molecule has 0 bridgehead atoms. The van der Waals surface area contributed by atoms with Gasteiger partial charge in [0.05, 0.1) is 6.67 Å². The van der Waals surface area contributed by atoms with Gasteiger partial charge < -0.3 is 10.2 Å². The molecular formula is C16H18N2. The van der Waals surface area contributed by atoms with Crippen LogP contribution in [0, 0.1) is 0 Å². The second kappa shape index (κ2) is 6.50. The summed E-state index contributed by atoms with van der Waals surface area (Å²) in [6.45, 7) is 2.77. The molecule has 2 aromatic carbocycles. The summed E-state index contributed by atoms with van der Waals surface area (Å²) < 4.78 is 0. The van der Waals surface area contributed by atoms with E-state index in [0.29, 0.717) is 0 Å². The Morgan fingerprint density at radius 3 is 2.17 bits per heavy atom. The van der Waals surface area contributed by atoms with Gasteiger partial charge in [-0.25, -0.2) is 0 Å². The minimum atomic E-state index is 0.748. The molecule has 2 heteroatoms. The molecule has 0 spiro atoms. The molecular weight excluding hydrogens is 220 g/mol. The molecule has 0 aliphatic carbocycles. The van der Waals surface area contributed by atoms with Gasteiger partial charge in [-0.1, -0.05) is 42.5 Å². The zero-order valence-corrected chi connectivity index (χ0v) is 10.6. The summed E-state index contributed by atoms with van der Waals surface area (Å²) in [5, 5.41) is 3.40. The van der Waals surface area contributed by atoms with Crippen LogP contribution in [0.2, 0.25) is 0 Å². The third-order valence-corrected chi connectivity index (χ3v) is 2.64. The fraction of sp³-hybridized carbons (Fsp3) is 0.125. The third kappa shape index (κ3) is 3.39. The van der Waals surface area contributed by atoms with Crippen molar-refractivity contribution in [2.45, 2.75) is 6.92 Å². The highest BCUT2D eigenvalue weighted by Gasteiger charge is 2.01. The second-order valence-electron chi connectivity index (χ2n) is 3.99. The number of hydrogen-bond acceptors (Lipinski definition) is 2. The Labute approximate surface area is 109 Å². The normalized spacial score (nSPS) is 10.5. The van der Waals surface area contributed by atoms with E-state index < -0.39 is 0 Å². The lowest BCUT2D eigenvalue weighted by Crippen LogP contribution is -2.23. The van der Waals surface area contributed by atoms with E-state index in [-0.39, 0.29) is 0 Å². The second-order valence-corrected chi connectivity index (χ2v) is 3.99. The van der Waals surface area contributed by atoms with Crippen LogP contribution in [0.15, 0.2) is 72.9 Å². The van der Waals surface area contributed by atoms with E-state index in [1.165, 1.54) is 5.69 Å². The molecule has 0 heterocycles. The van der Waals surface area contributed by atoms with Gasteiger partial charge in [0.25, 0.3) is 0 Å². The van der Waals surface area contributed by atoms with E-state index in [2.05, 4.69) is 40.7 Å². The molecule has 0 fully saturated rings. The van der Waals surface area contributed by atoms with Crippen molar-refractivity contribution in [1.29, 1.82) is 0 Å². The number of allylic oxidation sites excluding steroid dienone is 1. The number of anilines is 2. The van der Waals surface area contributed by atoms with E-state index in [9.17, 15) is 0 Å². The first-order valence-corrected chi connectivity index (χ1v) is 6.13. The van der Waals surface area contributed by atoms with E-state index in [1.54, 1.807) is 0 Å². The van der Waals surface area contributed by atoms with E-state index >= 15 is 0 Å². The van der Waals surface area contributed by atoms with Crippen LogP contribution in [0.1, 0.15) is 6.92 Å². The number of nitrogens with zero attached hydrogens (tertiary/aromatic N) is 1. The molecule has 2 aromatic rings. The number of para-hydroxylation sites is 2. The predicted molar refractivity (Wildman–Crippen MR) is 78.7 cm³/mol. The lowest BCUT2D eigenvalue weighted by Gasteiger charge is -2.21. The molecule has 0 aromatic heterocycles. The quantitative estimate of drug-likeness (QED) is 0.789. The fourth-order valence-corrected chi connectivity index (χ4v) is 1.76. The van der Waals surface area contributed by atoms with Gasteiger partial charge in [0.2, 0.25) is 0 Å². The first-order chi connectivity index (χ1) is 8.90. The SMILES string of the molecule is C/C=C\N(CNc1ccccc1)c1ccccc1. The monoisotopic (exact) mass is 238 g/mol. The molecule has 0 unspecified atom stereocenters. The van der Waals surface area contributed by atoms with E-state index in [1.807, 2.05) is 49.4 Å². The number of hydrogen-bond donors (Lipinski definition) is 1. The molecule has 92 valence electrons. The standard InChI is InChI=1S/C16H18N2/c1-2-13-18(16-11-7-4-8-12-16)14-17-15-9-5-3-6-10-15/h2-13,17H,14H2,1H3/b13-2-. The maximum Gasteiger partial charge on any atom is 0.0919 e. The van der Waals surface area contributed by atoms with Crippen LogP contribution in [0.5, 0.6) is 0 Å². The van der Waals surface area contributed by atoms with Crippen LogP contribution in [-0.4, -0.2) is 6.67 Å². The molecule has 2 nitrogen and oxygen atoms in total. The zero-order chi connectivity index (χ0) is 12.6. The van der Waals surface area contributed by atoms with Crippen LogP contribution in [0.3, 0.4) is 0 Å². The summed E-state index contributed by atoms with van der Waals surface area (Å²) in [5.41, 5.74) is 2.31. The van der Waals surface area contributed by atoms with Crippen molar-refractivity contribution >= 4 is 11.4 Å². The van der Waals surface area contributed by atoms with Gasteiger partial charge in [0.15, 0.2) is 0 Å². The third-order valence-electron chi connectivity index (χ3n) is 2.64. The van der Waals surface area contributed by atoms with Gasteiger partial charge in [-0.15, -0.1) is 0 Å². The fourth-order valence-electron chi connectivity index (χ4n) is 1.76. The van der Waals surface area contributed by atoms with Gasteiger partial charge in [0.1, 0.15) is 0 Å². The van der Waals surface area contributed by atoms with Crippen LogP contribution in [0.4, 0.5) is 11.4 Å². The Bertz CT molecular complexity index is 477. The minimum Gasteiger partial charge on any atom is -0.367 e. The minimum absolute atomic E-state index is 0.748. The number of nitrogens with one attached hydrogen (secondary N) is 1. The van der Waals surface area contributed by atoms with Crippen molar-refractivity contribution in [2.75, 3.05) is 16.9 Å². The van der Waals surface area contributed by atoms with Gasteiger partial charge in [-0.3, -0.25) is 0 Å². The molecule has 2 rings (SSSR count). The Hall–Kier alpha value is -2.22. The Morgan fingerprint density at radius 1 is 0.944 bits per heavy atom. The van der Waals surface area contributed by atoms with Gasteiger partial charge >= 0.3 is 0 Å².